The fourth-order valence-electron chi connectivity index (χ4n) is 1.90. The number of halogens is 1. The second-order valence-electron chi connectivity index (χ2n) is 4.60. The normalized spacial score (nSPS) is 11.7. The molecule has 1 aromatic heterocycles. The molecule has 2 aromatic rings. The van der Waals surface area contributed by atoms with E-state index >= 15 is 0 Å². The average Bonchev–Trinajstić information content (AvgIpc) is 2.96. The molecule has 5 nitrogen and oxygen atoms in total. The van der Waals surface area contributed by atoms with Gasteiger partial charge in [0.05, 0.1) is 23.5 Å². The van der Waals surface area contributed by atoms with Crippen molar-refractivity contribution < 1.29 is 4.79 Å². The number of carbonyl (C=O) groups excluding carboxylic acids is 1. The fourth-order valence-corrected chi connectivity index (χ4v) is 2.29. The maximum atomic E-state index is 12.1. The maximum absolute atomic E-state index is 12.1. The van der Waals surface area contributed by atoms with Crippen LogP contribution in [0.2, 0.25) is 0 Å². The Hall–Kier alpha value is -2.13. The molecule has 1 unspecified atom stereocenters. The van der Waals surface area contributed by atoms with Gasteiger partial charge < -0.3 is 5.32 Å². The number of nitrogens with zero attached hydrogens (tertiary/aromatic N) is 3. The molecule has 1 N–H and O–H groups in total. The summed E-state index contributed by atoms with van der Waals surface area (Å²) in [6, 6.07) is 9.24. The van der Waals surface area contributed by atoms with Gasteiger partial charge in [0.1, 0.15) is 6.04 Å². The predicted molar refractivity (Wildman–Crippen MR) is 83.0 cm³/mol. The predicted octanol–water partition coefficient (Wildman–Crippen LogP) is 3.06. The van der Waals surface area contributed by atoms with Crippen LogP contribution < -0.4 is 5.32 Å². The van der Waals surface area contributed by atoms with Crippen LogP contribution in [0.5, 0.6) is 0 Å². The maximum Gasteiger partial charge on any atom is 0.255 e. The first-order valence-electron chi connectivity index (χ1n) is 6.65. The summed E-state index contributed by atoms with van der Waals surface area (Å²) in [7, 11) is 0. The molecule has 6 heteroatoms. The van der Waals surface area contributed by atoms with Crippen molar-refractivity contribution in [2.45, 2.75) is 25.8 Å². The molecule has 0 saturated carbocycles. The van der Waals surface area contributed by atoms with Gasteiger partial charge in [-0.25, -0.2) is 4.68 Å². The van der Waals surface area contributed by atoms with Crippen molar-refractivity contribution in [3.8, 4) is 11.8 Å². The molecule has 0 saturated heterocycles. The largest absolute Gasteiger partial charge is 0.336 e. The number of rotatable bonds is 5. The van der Waals surface area contributed by atoms with Gasteiger partial charge in [0, 0.05) is 10.7 Å². The molecule has 108 valence electrons. The number of carbonyl (C=O) groups is 1. The monoisotopic (exact) mass is 346 g/mol. The van der Waals surface area contributed by atoms with Crippen molar-refractivity contribution in [3.05, 3.63) is 46.7 Å². The summed E-state index contributed by atoms with van der Waals surface area (Å²) in [5.41, 5.74) is 1.29. The van der Waals surface area contributed by atoms with Gasteiger partial charge in [-0.3, -0.25) is 4.79 Å². The van der Waals surface area contributed by atoms with Gasteiger partial charge in [-0.1, -0.05) is 35.3 Å². The molecule has 0 aliphatic heterocycles. The Balaban J connectivity index is 2.13. The highest BCUT2D eigenvalue weighted by atomic mass is 79.9. The molecule has 21 heavy (non-hydrogen) atoms. The highest BCUT2D eigenvalue weighted by molar-refractivity contribution is 9.10. The zero-order valence-electron chi connectivity index (χ0n) is 11.6. The average molecular weight is 347 g/mol. The van der Waals surface area contributed by atoms with E-state index in [0.29, 0.717) is 12.0 Å². The number of hydrogen-bond donors (Lipinski definition) is 1. The van der Waals surface area contributed by atoms with E-state index in [-0.39, 0.29) is 5.91 Å². The number of nitrogens with one attached hydrogen (secondary N) is 1. The number of hydrogen-bond acceptors (Lipinski definition) is 3. The molecule has 0 aliphatic rings. The Labute approximate surface area is 131 Å². The van der Waals surface area contributed by atoms with Gasteiger partial charge in [0.25, 0.3) is 5.91 Å². The smallest absolute Gasteiger partial charge is 0.255 e. The molecular weight excluding hydrogens is 332 g/mol. The van der Waals surface area contributed by atoms with Crippen LogP contribution in [0.3, 0.4) is 0 Å². The lowest BCUT2D eigenvalue weighted by Gasteiger charge is -2.08. The number of aromatic nitrogens is 2. The summed E-state index contributed by atoms with van der Waals surface area (Å²) in [6.45, 7) is 1.97. The third-order valence-electron chi connectivity index (χ3n) is 2.96. The molecule has 1 aromatic carbocycles. The van der Waals surface area contributed by atoms with Crippen molar-refractivity contribution >= 4 is 21.8 Å². The number of benzene rings is 1. The van der Waals surface area contributed by atoms with Crippen LogP contribution in [-0.4, -0.2) is 21.7 Å². The minimum absolute atomic E-state index is 0.281. The van der Waals surface area contributed by atoms with E-state index in [1.54, 1.807) is 10.9 Å². The van der Waals surface area contributed by atoms with Gasteiger partial charge in [-0.15, -0.1) is 0 Å². The third-order valence-corrected chi connectivity index (χ3v) is 3.45. The highest BCUT2D eigenvalue weighted by Crippen LogP contribution is 2.15. The van der Waals surface area contributed by atoms with E-state index in [0.717, 1.165) is 16.6 Å². The van der Waals surface area contributed by atoms with Crippen molar-refractivity contribution in [1.82, 2.24) is 15.1 Å². The van der Waals surface area contributed by atoms with Crippen molar-refractivity contribution in [2.24, 2.45) is 0 Å². The summed E-state index contributed by atoms with van der Waals surface area (Å²) in [4.78, 5) is 12.1. The van der Waals surface area contributed by atoms with Gasteiger partial charge in [-0.2, -0.15) is 10.4 Å². The molecule has 1 amide bonds. The van der Waals surface area contributed by atoms with Gasteiger partial charge in [0.2, 0.25) is 0 Å². The fraction of sp³-hybridized carbons (Fsp3) is 0.267. The Morgan fingerprint density at radius 3 is 3.05 bits per heavy atom. The van der Waals surface area contributed by atoms with Crippen molar-refractivity contribution in [1.29, 1.82) is 5.26 Å². The molecule has 1 atom stereocenters. The molecule has 1 heterocycles. The second kappa shape index (κ2) is 7.04. The van der Waals surface area contributed by atoms with Gasteiger partial charge in [-0.05, 0) is 24.6 Å². The van der Waals surface area contributed by atoms with E-state index in [2.05, 4.69) is 32.4 Å². The first-order chi connectivity index (χ1) is 10.1. The van der Waals surface area contributed by atoms with E-state index < -0.39 is 6.04 Å². The van der Waals surface area contributed by atoms with Crippen molar-refractivity contribution in [3.63, 3.8) is 0 Å². The standard InChI is InChI=1S/C15H15BrN4O/c1-2-4-13(8-17)19-15(21)11-9-18-20(10-11)14-6-3-5-12(16)7-14/h3,5-7,9-10,13H,2,4H2,1H3,(H,19,21). The van der Waals surface area contributed by atoms with Crippen LogP contribution in [0.15, 0.2) is 41.1 Å². The number of amides is 1. The van der Waals surface area contributed by atoms with Crippen molar-refractivity contribution in [2.75, 3.05) is 0 Å². The van der Waals surface area contributed by atoms with Gasteiger partial charge in [0.15, 0.2) is 0 Å². The van der Waals surface area contributed by atoms with Crippen LogP contribution in [-0.2, 0) is 0 Å². The lowest BCUT2D eigenvalue weighted by atomic mass is 10.2. The Morgan fingerprint density at radius 1 is 1.57 bits per heavy atom. The van der Waals surface area contributed by atoms with E-state index in [1.165, 1.54) is 6.20 Å². The van der Waals surface area contributed by atoms with Crippen LogP contribution in [0.4, 0.5) is 0 Å². The molecule has 0 bridgehead atoms. The summed E-state index contributed by atoms with van der Waals surface area (Å²) in [6.07, 6.45) is 4.63. The molecule has 0 radical (unpaired) electrons. The third kappa shape index (κ3) is 3.92. The summed E-state index contributed by atoms with van der Waals surface area (Å²) in [5.74, 6) is -0.281. The lowest BCUT2D eigenvalue weighted by molar-refractivity contribution is 0.0944. The van der Waals surface area contributed by atoms with Crippen LogP contribution >= 0.6 is 15.9 Å². The van der Waals surface area contributed by atoms with Crippen LogP contribution in [0, 0.1) is 11.3 Å². The van der Waals surface area contributed by atoms with E-state index in [4.69, 9.17) is 5.26 Å². The first-order valence-corrected chi connectivity index (χ1v) is 7.44. The second-order valence-corrected chi connectivity index (χ2v) is 5.51. The topological polar surface area (TPSA) is 70.7 Å². The Bertz CT molecular complexity index is 674. The van der Waals surface area contributed by atoms with Crippen LogP contribution in [0.1, 0.15) is 30.1 Å². The molecule has 0 fully saturated rings. The van der Waals surface area contributed by atoms with Crippen LogP contribution in [0.25, 0.3) is 5.69 Å². The quantitative estimate of drug-likeness (QED) is 0.904. The Morgan fingerprint density at radius 2 is 2.38 bits per heavy atom. The number of nitriles is 1. The van der Waals surface area contributed by atoms with Gasteiger partial charge >= 0.3 is 0 Å². The zero-order valence-corrected chi connectivity index (χ0v) is 13.2. The summed E-state index contributed by atoms with van der Waals surface area (Å²) in [5, 5.41) is 15.9. The minimum Gasteiger partial charge on any atom is -0.336 e. The molecule has 0 spiro atoms. The van der Waals surface area contributed by atoms with E-state index in [9.17, 15) is 4.79 Å². The highest BCUT2D eigenvalue weighted by Gasteiger charge is 2.14. The minimum atomic E-state index is -0.461. The Kier molecular flexibility index (Phi) is 5.12. The summed E-state index contributed by atoms with van der Waals surface area (Å²) < 4.78 is 2.56. The SMILES string of the molecule is CCCC(C#N)NC(=O)c1cnn(-c2cccc(Br)c2)c1. The molecule has 0 aliphatic carbocycles. The zero-order chi connectivity index (χ0) is 15.2. The first kappa shape index (κ1) is 15.3. The summed E-state index contributed by atoms with van der Waals surface area (Å²) >= 11 is 3.40. The molecular formula is C15H15BrN4O. The van der Waals surface area contributed by atoms with E-state index in [1.807, 2.05) is 31.2 Å². The lowest BCUT2D eigenvalue weighted by Crippen LogP contribution is -2.33. The molecule has 2 rings (SSSR count).